The van der Waals surface area contributed by atoms with Gasteiger partial charge in [0.15, 0.2) is 8.32 Å². The van der Waals surface area contributed by atoms with Crippen LogP contribution >= 0.6 is 0 Å². The molecule has 0 spiro atoms. The molecule has 0 fully saturated rings. The first-order valence-corrected chi connectivity index (χ1v) is 13.6. The van der Waals surface area contributed by atoms with E-state index in [1.54, 1.807) is 0 Å². The van der Waals surface area contributed by atoms with Crippen LogP contribution in [-0.2, 0) is 8.85 Å². The van der Waals surface area contributed by atoms with Crippen molar-refractivity contribution >= 4 is 16.6 Å². The molecule has 4 heteroatoms. The summed E-state index contributed by atoms with van der Waals surface area (Å²) in [7, 11) is -3.40. The third kappa shape index (κ3) is 5.76. The smallest absolute Gasteiger partial charge is 0.250 e. The molecule has 0 saturated carbocycles. The molecule has 0 aromatic heterocycles. The Morgan fingerprint density at radius 3 is 1.71 bits per heavy atom. The average molecular weight is 329 g/mol. The van der Waals surface area contributed by atoms with Gasteiger partial charge in [-0.3, -0.25) is 0 Å². The van der Waals surface area contributed by atoms with Crippen LogP contribution in [0.1, 0.15) is 41.5 Å². The van der Waals surface area contributed by atoms with E-state index in [2.05, 4.69) is 67.8 Å². The van der Waals surface area contributed by atoms with E-state index in [0.717, 1.165) is 29.5 Å². The fourth-order valence-electron chi connectivity index (χ4n) is 1.86. The molecule has 0 radical (unpaired) electrons. The molecule has 0 N–H and O–H groups in total. The van der Waals surface area contributed by atoms with Gasteiger partial charge in [0.1, 0.15) is 5.76 Å². The van der Waals surface area contributed by atoms with Crippen molar-refractivity contribution in [3.63, 3.8) is 0 Å². The molecule has 0 aromatic carbocycles. The molecular formula is C17H36O2Si2. The Kier molecular flexibility index (Phi) is 7.67. The first kappa shape index (κ1) is 20.7. The Morgan fingerprint density at radius 1 is 0.952 bits per heavy atom. The normalized spacial score (nSPS) is 13.1. The van der Waals surface area contributed by atoms with Gasteiger partial charge in [0.2, 0.25) is 8.32 Å². The molecule has 0 unspecified atom stereocenters. The lowest BCUT2D eigenvalue weighted by molar-refractivity contribution is 0.307. The van der Waals surface area contributed by atoms with Crippen molar-refractivity contribution in [1.29, 1.82) is 0 Å². The molecule has 124 valence electrons. The van der Waals surface area contributed by atoms with Gasteiger partial charge in [-0.05, 0) is 36.3 Å². The van der Waals surface area contributed by atoms with E-state index in [0.29, 0.717) is 6.61 Å². The molecule has 21 heavy (non-hydrogen) atoms. The Morgan fingerprint density at radius 2 is 1.38 bits per heavy atom. The van der Waals surface area contributed by atoms with Gasteiger partial charge in [-0.2, -0.15) is 0 Å². The van der Waals surface area contributed by atoms with Gasteiger partial charge in [0.05, 0.1) is 6.61 Å². The summed E-state index contributed by atoms with van der Waals surface area (Å²) >= 11 is 0. The van der Waals surface area contributed by atoms with Gasteiger partial charge in [0.25, 0.3) is 0 Å². The maximum Gasteiger partial charge on any atom is 0.250 e. The van der Waals surface area contributed by atoms with Crippen LogP contribution in [0.5, 0.6) is 0 Å². The average Bonchev–Trinajstić information content (AvgIpc) is 2.41. The fourth-order valence-corrected chi connectivity index (χ4v) is 5.43. The summed E-state index contributed by atoms with van der Waals surface area (Å²) in [5, 5.41) is 0.213. The van der Waals surface area contributed by atoms with E-state index in [4.69, 9.17) is 8.85 Å². The van der Waals surface area contributed by atoms with E-state index in [9.17, 15) is 0 Å². The molecule has 0 rings (SSSR count). The number of rotatable bonds is 9. The first-order chi connectivity index (χ1) is 9.44. The predicted molar refractivity (Wildman–Crippen MR) is 99.7 cm³/mol. The Hall–Kier alpha value is -0.326. The van der Waals surface area contributed by atoms with Gasteiger partial charge in [-0.15, -0.1) is 0 Å². The van der Waals surface area contributed by atoms with Crippen LogP contribution < -0.4 is 0 Å². The van der Waals surface area contributed by atoms with Crippen molar-refractivity contribution in [1.82, 2.24) is 0 Å². The third-order valence-corrected chi connectivity index (χ3v) is 14.1. The zero-order chi connectivity index (χ0) is 16.9. The van der Waals surface area contributed by atoms with E-state index in [1.807, 2.05) is 0 Å². The molecule has 0 saturated heterocycles. The summed E-state index contributed by atoms with van der Waals surface area (Å²) < 4.78 is 12.5. The largest absolute Gasteiger partial charge is 0.544 e. The highest BCUT2D eigenvalue weighted by atomic mass is 28.4. The van der Waals surface area contributed by atoms with Crippen LogP contribution in [-0.4, -0.2) is 23.2 Å². The van der Waals surface area contributed by atoms with Crippen LogP contribution in [0.15, 0.2) is 24.5 Å². The van der Waals surface area contributed by atoms with Crippen molar-refractivity contribution in [2.45, 2.75) is 77.8 Å². The van der Waals surface area contributed by atoms with E-state index in [-0.39, 0.29) is 5.04 Å². The molecule has 0 bridgehead atoms. The van der Waals surface area contributed by atoms with Gasteiger partial charge in [0, 0.05) is 5.57 Å². The quantitative estimate of drug-likeness (QED) is 0.289. The standard InChI is InChI=1S/C17H36O2Si2/c1-11-21(12-2,13-3)19-16(5)15(4)14-18-20(9,10)17(6,7)8/h4-5,11-14H2,1-3,6-10H3. The lowest BCUT2D eigenvalue weighted by Gasteiger charge is -2.37. The minimum atomic E-state index is -1.74. The molecule has 0 aliphatic carbocycles. The van der Waals surface area contributed by atoms with Gasteiger partial charge in [-0.1, -0.05) is 54.7 Å². The molecule has 0 aliphatic rings. The molecule has 0 atom stereocenters. The molecule has 0 amide bonds. The third-order valence-electron chi connectivity index (χ3n) is 5.08. The van der Waals surface area contributed by atoms with Crippen molar-refractivity contribution < 1.29 is 8.85 Å². The van der Waals surface area contributed by atoms with Gasteiger partial charge < -0.3 is 8.85 Å². The predicted octanol–water partition coefficient (Wildman–Crippen LogP) is 6.10. The van der Waals surface area contributed by atoms with Crippen LogP contribution in [0, 0.1) is 0 Å². The van der Waals surface area contributed by atoms with Crippen molar-refractivity contribution in [2.75, 3.05) is 6.61 Å². The van der Waals surface area contributed by atoms with E-state index in [1.165, 1.54) is 0 Å². The minimum Gasteiger partial charge on any atom is -0.544 e. The SMILES string of the molecule is C=C(CO[Si](C)(C)C(C)(C)C)C(=C)O[Si](CC)(CC)CC. The first-order valence-electron chi connectivity index (χ1n) is 8.14. The maximum absolute atomic E-state index is 6.28. The molecular weight excluding hydrogens is 292 g/mol. The van der Waals surface area contributed by atoms with Crippen LogP contribution in [0.4, 0.5) is 0 Å². The highest BCUT2D eigenvalue weighted by Gasteiger charge is 2.37. The highest BCUT2D eigenvalue weighted by Crippen LogP contribution is 2.37. The van der Waals surface area contributed by atoms with Crippen LogP contribution in [0.25, 0.3) is 0 Å². The van der Waals surface area contributed by atoms with Crippen molar-refractivity contribution in [3.05, 3.63) is 24.5 Å². The zero-order valence-corrected chi connectivity index (χ0v) is 17.6. The lowest BCUT2D eigenvalue weighted by atomic mass is 10.2. The second-order valence-electron chi connectivity index (χ2n) is 7.42. The summed E-state index contributed by atoms with van der Waals surface area (Å²) in [4.78, 5) is 0. The lowest BCUT2D eigenvalue weighted by Crippen LogP contribution is -2.41. The van der Waals surface area contributed by atoms with E-state index >= 15 is 0 Å². The summed E-state index contributed by atoms with van der Waals surface area (Å²) in [6, 6.07) is 3.36. The van der Waals surface area contributed by atoms with Gasteiger partial charge >= 0.3 is 0 Å². The van der Waals surface area contributed by atoms with Crippen LogP contribution in [0.3, 0.4) is 0 Å². The number of hydrogen-bond acceptors (Lipinski definition) is 2. The maximum atomic E-state index is 6.28. The zero-order valence-electron chi connectivity index (χ0n) is 15.6. The van der Waals surface area contributed by atoms with Gasteiger partial charge in [-0.25, -0.2) is 0 Å². The van der Waals surface area contributed by atoms with E-state index < -0.39 is 16.6 Å². The second-order valence-corrected chi connectivity index (χ2v) is 16.9. The summed E-state index contributed by atoms with van der Waals surface area (Å²) in [5.41, 5.74) is 0.895. The number of hydrogen-bond donors (Lipinski definition) is 0. The summed E-state index contributed by atoms with van der Waals surface area (Å²) in [6.07, 6.45) is 0. The Bertz CT molecular complexity index is 355. The van der Waals surface area contributed by atoms with Crippen molar-refractivity contribution in [2.24, 2.45) is 0 Å². The summed E-state index contributed by atoms with van der Waals surface area (Å²) in [6.45, 7) is 26.7. The topological polar surface area (TPSA) is 18.5 Å². The molecule has 0 aliphatic heterocycles. The monoisotopic (exact) mass is 328 g/mol. The Labute approximate surface area is 134 Å². The Balaban J connectivity index is 4.65. The molecule has 0 aromatic rings. The van der Waals surface area contributed by atoms with Crippen molar-refractivity contribution in [3.8, 4) is 0 Å². The fraction of sp³-hybridized carbons (Fsp3) is 0.765. The highest BCUT2D eigenvalue weighted by molar-refractivity contribution is 6.74. The molecule has 2 nitrogen and oxygen atoms in total. The minimum absolute atomic E-state index is 0.213. The second kappa shape index (κ2) is 7.79. The summed E-state index contributed by atoms with van der Waals surface area (Å²) in [5.74, 6) is 0.742. The van der Waals surface area contributed by atoms with Crippen LogP contribution in [0.2, 0.25) is 36.3 Å². The molecule has 0 heterocycles.